The van der Waals surface area contributed by atoms with Gasteiger partial charge in [-0.2, -0.15) is 11.8 Å². The summed E-state index contributed by atoms with van der Waals surface area (Å²) in [4.78, 5) is 7.95. The molecule has 2 heterocycles. The molecule has 2 rings (SSSR count). The predicted molar refractivity (Wildman–Crippen MR) is 54.4 cm³/mol. The van der Waals surface area contributed by atoms with Crippen LogP contribution in [0.3, 0.4) is 0 Å². The number of hydrogen-bond acceptors (Lipinski definition) is 4. The van der Waals surface area contributed by atoms with E-state index >= 15 is 0 Å². The van der Waals surface area contributed by atoms with Crippen molar-refractivity contribution in [3.05, 3.63) is 24.3 Å². The van der Waals surface area contributed by atoms with Crippen molar-refractivity contribution in [2.24, 2.45) is 5.73 Å². The maximum absolute atomic E-state index is 6.10. The van der Waals surface area contributed by atoms with Crippen molar-refractivity contribution in [3.8, 4) is 0 Å². The Morgan fingerprint density at radius 2 is 2.23 bits per heavy atom. The highest BCUT2D eigenvalue weighted by atomic mass is 32.2. The summed E-state index contributed by atoms with van der Waals surface area (Å²) in [5.41, 5.74) is 7.16. The molecule has 70 valence electrons. The van der Waals surface area contributed by atoms with Crippen LogP contribution in [-0.4, -0.2) is 21.0 Å². The van der Waals surface area contributed by atoms with Crippen LogP contribution in [0.5, 0.6) is 0 Å². The number of nitrogens with zero attached hydrogens (tertiary/aromatic N) is 2. The SMILES string of the molecule is NC(c1cncnc1)C1CCCS1. The van der Waals surface area contributed by atoms with Gasteiger partial charge in [0, 0.05) is 29.2 Å². The van der Waals surface area contributed by atoms with E-state index in [9.17, 15) is 0 Å². The summed E-state index contributed by atoms with van der Waals surface area (Å²) in [6.07, 6.45) is 7.68. The molecule has 3 nitrogen and oxygen atoms in total. The van der Waals surface area contributed by atoms with Gasteiger partial charge < -0.3 is 5.73 Å². The third-order valence-corrected chi connectivity index (χ3v) is 3.81. The van der Waals surface area contributed by atoms with Crippen LogP contribution in [0.15, 0.2) is 18.7 Å². The third kappa shape index (κ3) is 2.00. The van der Waals surface area contributed by atoms with Gasteiger partial charge in [0.05, 0.1) is 0 Å². The van der Waals surface area contributed by atoms with Gasteiger partial charge in [0.1, 0.15) is 6.33 Å². The molecule has 2 unspecified atom stereocenters. The van der Waals surface area contributed by atoms with Gasteiger partial charge in [0.25, 0.3) is 0 Å². The molecular formula is C9H13N3S. The molecule has 1 fully saturated rings. The Morgan fingerprint density at radius 3 is 2.85 bits per heavy atom. The molecule has 0 radical (unpaired) electrons. The van der Waals surface area contributed by atoms with E-state index in [2.05, 4.69) is 9.97 Å². The minimum absolute atomic E-state index is 0.105. The van der Waals surface area contributed by atoms with Gasteiger partial charge in [0.15, 0.2) is 0 Å². The summed E-state index contributed by atoms with van der Waals surface area (Å²) in [5.74, 6) is 1.24. The van der Waals surface area contributed by atoms with Crippen molar-refractivity contribution in [2.75, 3.05) is 5.75 Å². The molecule has 1 aliphatic rings. The van der Waals surface area contributed by atoms with Crippen molar-refractivity contribution < 1.29 is 0 Å². The number of hydrogen-bond donors (Lipinski definition) is 1. The zero-order valence-electron chi connectivity index (χ0n) is 7.39. The summed E-state index contributed by atoms with van der Waals surface area (Å²) in [7, 11) is 0. The fourth-order valence-electron chi connectivity index (χ4n) is 1.58. The minimum Gasteiger partial charge on any atom is -0.323 e. The van der Waals surface area contributed by atoms with E-state index in [0.717, 1.165) is 5.56 Å². The maximum Gasteiger partial charge on any atom is 0.115 e. The zero-order chi connectivity index (χ0) is 9.10. The molecule has 2 N–H and O–H groups in total. The van der Waals surface area contributed by atoms with Gasteiger partial charge in [-0.1, -0.05) is 0 Å². The molecule has 13 heavy (non-hydrogen) atoms. The summed E-state index contributed by atoms with van der Waals surface area (Å²) in [5, 5.41) is 0.561. The van der Waals surface area contributed by atoms with E-state index in [1.165, 1.54) is 24.9 Å². The van der Waals surface area contributed by atoms with E-state index in [1.54, 1.807) is 0 Å². The zero-order valence-corrected chi connectivity index (χ0v) is 8.20. The highest BCUT2D eigenvalue weighted by molar-refractivity contribution is 8.00. The molecule has 1 aromatic heterocycles. The molecule has 1 saturated heterocycles. The lowest BCUT2D eigenvalue weighted by atomic mass is 10.1. The first-order valence-electron chi connectivity index (χ1n) is 4.50. The minimum atomic E-state index is 0.105. The summed E-state index contributed by atoms with van der Waals surface area (Å²) in [6, 6.07) is 0.105. The highest BCUT2D eigenvalue weighted by Gasteiger charge is 2.23. The van der Waals surface area contributed by atoms with Crippen LogP contribution in [0.1, 0.15) is 24.4 Å². The van der Waals surface area contributed by atoms with Gasteiger partial charge in [-0.25, -0.2) is 9.97 Å². The van der Waals surface area contributed by atoms with Crippen LogP contribution >= 0.6 is 11.8 Å². The molecular weight excluding hydrogens is 182 g/mol. The Kier molecular flexibility index (Phi) is 2.80. The quantitative estimate of drug-likeness (QED) is 0.774. The van der Waals surface area contributed by atoms with Gasteiger partial charge in [-0.05, 0) is 18.6 Å². The van der Waals surface area contributed by atoms with Crippen molar-refractivity contribution in [2.45, 2.75) is 24.1 Å². The lowest BCUT2D eigenvalue weighted by Crippen LogP contribution is -2.21. The summed E-state index contributed by atoms with van der Waals surface area (Å²) in [6.45, 7) is 0. The van der Waals surface area contributed by atoms with Crippen LogP contribution in [0.2, 0.25) is 0 Å². The monoisotopic (exact) mass is 195 g/mol. The van der Waals surface area contributed by atoms with Crippen molar-refractivity contribution >= 4 is 11.8 Å². The number of nitrogens with two attached hydrogens (primary N) is 1. The third-order valence-electron chi connectivity index (χ3n) is 2.33. The van der Waals surface area contributed by atoms with Crippen molar-refractivity contribution in [1.82, 2.24) is 9.97 Å². The maximum atomic E-state index is 6.10. The number of thioether (sulfide) groups is 1. The average molecular weight is 195 g/mol. The molecule has 1 aromatic rings. The van der Waals surface area contributed by atoms with Gasteiger partial charge in [-0.3, -0.25) is 0 Å². The highest BCUT2D eigenvalue weighted by Crippen LogP contribution is 2.33. The second-order valence-electron chi connectivity index (χ2n) is 3.25. The Labute approximate surface area is 82.2 Å². The number of aromatic nitrogens is 2. The fraction of sp³-hybridized carbons (Fsp3) is 0.556. The summed E-state index contributed by atoms with van der Waals surface area (Å²) >= 11 is 1.96. The van der Waals surface area contributed by atoms with Crippen LogP contribution in [0.4, 0.5) is 0 Å². The number of rotatable bonds is 2. The van der Waals surface area contributed by atoms with Gasteiger partial charge in [-0.15, -0.1) is 0 Å². The fourth-order valence-corrected chi connectivity index (χ4v) is 2.92. The molecule has 0 bridgehead atoms. The van der Waals surface area contributed by atoms with E-state index in [0.29, 0.717) is 5.25 Å². The second-order valence-corrected chi connectivity index (χ2v) is 4.60. The largest absolute Gasteiger partial charge is 0.323 e. The lowest BCUT2D eigenvalue weighted by molar-refractivity contribution is 0.640. The van der Waals surface area contributed by atoms with E-state index < -0.39 is 0 Å². The van der Waals surface area contributed by atoms with Crippen molar-refractivity contribution in [1.29, 1.82) is 0 Å². The molecule has 2 atom stereocenters. The van der Waals surface area contributed by atoms with Crippen LogP contribution < -0.4 is 5.73 Å². The topological polar surface area (TPSA) is 51.8 Å². The molecule has 1 aliphatic heterocycles. The molecule has 0 saturated carbocycles. The van der Waals surface area contributed by atoms with Crippen LogP contribution in [0.25, 0.3) is 0 Å². The van der Waals surface area contributed by atoms with E-state index in [1.807, 2.05) is 24.2 Å². The first-order valence-corrected chi connectivity index (χ1v) is 5.55. The van der Waals surface area contributed by atoms with Gasteiger partial charge >= 0.3 is 0 Å². The Balaban J connectivity index is 2.08. The normalized spacial score (nSPS) is 24.5. The average Bonchev–Trinajstić information content (AvgIpc) is 2.71. The molecule has 0 amide bonds. The molecule has 4 heteroatoms. The Hall–Kier alpha value is -0.610. The van der Waals surface area contributed by atoms with Crippen LogP contribution in [-0.2, 0) is 0 Å². The van der Waals surface area contributed by atoms with Gasteiger partial charge in [0.2, 0.25) is 0 Å². The molecule has 0 aromatic carbocycles. The molecule has 0 spiro atoms. The molecule has 0 aliphatic carbocycles. The lowest BCUT2D eigenvalue weighted by Gasteiger charge is -2.17. The Morgan fingerprint density at radius 1 is 1.46 bits per heavy atom. The first-order chi connectivity index (χ1) is 6.38. The van der Waals surface area contributed by atoms with E-state index in [4.69, 9.17) is 5.73 Å². The second kappa shape index (κ2) is 4.07. The first kappa shape index (κ1) is 8.97. The predicted octanol–water partition coefficient (Wildman–Crippen LogP) is 1.37. The standard InChI is InChI=1S/C9H13N3S/c10-9(8-2-1-3-13-8)7-4-11-6-12-5-7/h4-6,8-9H,1-3,10H2. The Bertz CT molecular complexity index is 259. The summed E-state index contributed by atoms with van der Waals surface area (Å²) < 4.78 is 0. The smallest absolute Gasteiger partial charge is 0.115 e. The van der Waals surface area contributed by atoms with Crippen LogP contribution in [0, 0.1) is 0 Å². The van der Waals surface area contributed by atoms with Crippen molar-refractivity contribution in [3.63, 3.8) is 0 Å². The van der Waals surface area contributed by atoms with E-state index in [-0.39, 0.29) is 6.04 Å².